The van der Waals surface area contributed by atoms with E-state index in [-0.39, 0.29) is 6.61 Å². The topological polar surface area (TPSA) is 71.8 Å². The van der Waals surface area contributed by atoms with E-state index in [1.54, 1.807) is 18.7 Å². The van der Waals surface area contributed by atoms with Crippen LogP contribution in [-0.4, -0.2) is 25.0 Å². The molecule has 0 fully saturated rings. The third-order valence-corrected chi connectivity index (χ3v) is 1.82. The third-order valence-electron chi connectivity index (χ3n) is 1.82. The van der Waals surface area contributed by atoms with E-state index >= 15 is 0 Å². The number of nitrogens with zero attached hydrogens (tertiary/aromatic N) is 4. The maximum atomic E-state index is 8.46. The Labute approximate surface area is 94.3 Å². The monoisotopic (exact) mass is 218 g/mol. The second kappa shape index (κ2) is 7.42. The Morgan fingerprint density at radius 1 is 0.875 bits per heavy atom. The van der Waals surface area contributed by atoms with Crippen LogP contribution in [0.5, 0.6) is 0 Å². The van der Waals surface area contributed by atoms with Crippen molar-refractivity contribution in [3.8, 4) is 0 Å². The Balaban J connectivity index is 0.000000160. The molecule has 84 valence electrons. The number of aromatic nitrogens is 4. The van der Waals surface area contributed by atoms with Gasteiger partial charge in [0.05, 0.1) is 6.61 Å². The summed E-state index contributed by atoms with van der Waals surface area (Å²) in [7, 11) is 0. The van der Waals surface area contributed by atoms with Crippen molar-refractivity contribution in [1.82, 2.24) is 19.9 Å². The number of hydrogen-bond donors (Lipinski definition) is 1. The summed E-state index contributed by atoms with van der Waals surface area (Å²) in [5.41, 5.74) is 1.93. The first-order chi connectivity index (χ1) is 7.86. The van der Waals surface area contributed by atoms with Gasteiger partial charge in [0.25, 0.3) is 0 Å². The average molecular weight is 218 g/mol. The van der Waals surface area contributed by atoms with Crippen molar-refractivity contribution in [3.05, 3.63) is 48.6 Å². The predicted molar refractivity (Wildman–Crippen MR) is 59.4 cm³/mol. The summed E-state index contributed by atoms with van der Waals surface area (Å²) in [4.78, 5) is 15.1. The summed E-state index contributed by atoms with van der Waals surface area (Å²) < 4.78 is 0. The highest BCUT2D eigenvalue weighted by Gasteiger charge is 1.83. The number of hydrogen-bond acceptors (Lipinski definition) is 5. The molecule has 2 aromatic heterocycles. The van der Waals surface area contributed by atoms with Gasteiger partial charge in [-0.2, -0.15) is 0 Å². The first-order valence-corrected chi connectivity index (χ1v) is 4.95. The first-order valence-electron chi connectivity index (χ1n) is 4.95. The van der Waals surface area contributed by atoms with E-state index in [1.165, 1.54) is 11.9 Å². The zero-order chi connectivity index (χ0) is 11.6. The van der Waals surface area contributed by atoms with Crippen molar-refractivity contribution in [2.45, 2.75) is 20.0 Å². The lowest BCUT2D eigenvalue weighted by Gasteiger charge is -1.88. The van der Waals surface area contributed by atoms with E-state index in [1.807, 2.05) is 12.4 Å². The fourth-order valence-electron chi connectivity index (χ4n) is 0.924. The molecule has 5 nitrogen and oxygen atoms in total. The quantitative estimate of drug-likeness (QED) is 0.814. The molecule has 0 aliphatic carbocycles. The van der Waals surface area contributed by atoms with Gasteiger partial charge in [-0.05, 0) is 12.0 Å². The van der Waals surface area contributed by atoms with Crippen LogP contribution in [0.15, 0.2) is 37.4 Å². The minimum absolute atomic E-state index is 0.0147. The van der Waals surface area contributed by atoms with Gasteiger partial charge >= 0.3 is 0 Å². The molecule has 0 radical (unpaired) electrons. The van der Waals surface area contributed by atoms with E-state index in [2.05, 4.69) is 26.9 Å². The normalized spacial score (nSPS) is 9.12. The van der Waals surface area contributed by atoms with Gasteiger partial charge < -0.3 is 5.11 Å². The molecule has 0 saturated carbocycles. The number of aliphatic hydroxyl groups is 1. The summed E-state index contributed by atoms with van der Waals surface area (Å²) in [6, 6.07) is 0. The van der Waals surface area contributed by atoms with Crippen LogP contribution in [0.25, 0.3) is 0 Å². The summed E-state index contributed by atoms with van der Waals surface area (Å²) in [6.45, 7) is 2.10. The van der Waals surface area contributed by atoms with Crippen molar-refractivity contribution < 1.29 is 5.11 Å². The molecule has 2 aromatic rings. The van der Waals surface area contributed by atoms with Crippen molar-refractivity contribution in [1.29, 1.82) is 0 Å². The highest BCUT2D eigenvalue weighted by Crippen LogP contribution is 1.91. The zero-order valence-corrected chi connectivity index (χ0v) is 9.11. The highest BCUT2D eigenvalue weighted by molar-refractivity contribution is 5.00. The van der Waals surface area contributed by atoms with Crippen LogP contribution in [0.4, 0.5) is 0 Å². The van der Waals surface area contributed by atoms with Gasteiger partial charge in [0.1, 0.15) is 12.7 Å². The number of aryl methyl sites for hydroxylation is 1. The maximum Gasteiger partial charge on any atom is 0.115 e. The van der Waals surface area contributed by atoms with Crippen LogP contribution in [0, 0.1) is 0 Å². The fourth-order valence-corrected chi connectivity index (χ4v) is 0.924. The van der Waals surface area contributed by atoms with Crippen LogP contribution in [0.1, 0.15) is 18.1 Å². The number of aliphatic hydroxyl groups excluding tert-OH is 1. The van der Waals surface area contributed by atoms with Crippen LogP contribution >= 0.6 is 0 Å². The van der Waals surface area contributed by atoms with Gasteiger partial charge in [-0.15, -0.1) is 0 Å². The lowest BCUT2D eigenvalue weighted by molar-refractivity contribution is 0.281. The van der Waals surface area contributed by atoms with E-state index in [0.29, 0.717) is 0 Å². The molecule has 2 rings (SSSR count). The lowest BCUT2D eigenvalue weighted by Crippen LogP contribution is -1.84. The van der Waals surface area contributed by atoms with Gasteiger partial charge in [0, 0.05) is 30.4 Å². The third kappa shape index (κ3) is 4.56. The molecule has 0 unspecified atom stereocenters. The molecule has 0 saturated heterocycles. The second-order valence-electron chi connectivity index (χ2n) is 3.01. The Bertz CT molecular complexity index is 340. The van der Waals surface area contributed by atoms with Crippen LogP contribution < -0.4 is 0 Å². The molecule has 2 heterocycles. The molecule has 0 atom stereocenters. The van der Waals surface area contributed by atoms with Gasteiger partial charge in [-0.3, -0.25) is 0 Å². The van der Waals surface area contributed by atoms with E-state index < -0.39 is 0 Å². The summed E-state index contributed by atoms with van der Waals surface area (Å²) in [5, 5.41) is 8.46. The summed E-state index contributed by atoms with van der Waals surface area (Å²) in [6.07, 6.45) is 10.8. The van der Waals surface area contributed by atoms with Gasteiger partial charge in [0.15, 0.2) is 0 Å². The molecule has 16 heavy (non-hydrogen) atoms. The number of rotatable bonds is 2. The Kier molecular flexibility index (Phi) is 5.65. The average Bonchev–Trinajstić information content (AvgIpc) is 2.41. The maximum absolute atomic E-state index is 8.46. The van der Waals surface area contributed by atoms with E-state index in [9.17, 15) is 0 Å². The fraction of sp³-hybridized carbons (Fsp3) is 0.273. The van der Waals surface area contributed by atoms with E-state index in [0.717, 1.165) is 12.0 Å². The first kappa shape index (κ1) is 12.2. The predicted octanol–water partition coefficient (Wildman–Crippen LogP) is 1.01. The molecule has 0 aromatic carbocycles. The Morgan fingerprint density at radius 3 is 1.56 bits per heavy atom. The molecule has 0 aliphatic rings. The molecular weight excluding hydrogens is 204 g/mol. The van der Waals surface area contributed by atoms with Crippen LogP contribution in [0.3, 0.4) is 0 Å². The Hall–Kier alpha value is -1.88. The smallest absolute Gasteiger partial charge is 0.115 e. The second-order valence-corrected chi connectivity index (χ2v) is 3.01. The summed E-state index contributed by atoms with van der Waals surface area (Å²) in [5.74, 6) is 0. The van der Waals surface area contributed by atoms with Crippen molar-refractivity contribution in [2.75, 3.05) is 0 Å². The Morgan fingerprint density at radius 2 is 1.31 bits per heavy atom. The minimum Gasteiger partial charge on any atom is -0.392 e. The standard InChI is InChI=1S/C6H8N2.C5H6N2O/c1-2-6-3-7-5-8-4-6;8-3-5-1-6-4-7-2-5/h3-5H,2H2,1H3;1-2,4,8H,3H2. The molecule has 0 amide bonds. The largest absolute Gasteiger partial charge is 0.392 e. The van der Waals surface area contributed by atoms with Gasteiger partial charge in [0.2, 0.25) is 0 Å². The van der Waals surface area contributed by atoms with Gasteiger partial charge in [-0.1, -0.05) is 6.92 Å². The van der Waals surface area contributed by atoms with Gasteiger partial charge in [-0.25, -0.2) is 19.9 Å². The van der Waals surface area contributed by atoms with Crippen LogP contribution in [0.2, 0.25) is 0 Å². The van der Waals surface area contributed by atoms with Crippen molar-refractivity contribution in [3.63, 3.8) is 0 Å². The molecule has 1 N–H and O–H groups in total. The SMILES string of the molecule is CCc1cncnc1.OCc1cncnc1. The van der Waals surface area contributed by atoms with Crippen molar-refractivity contribution in [2.24, 2.45) is 0 Å². The lowest BCUT2D eigenvalue weighted by atomic mass is 10.3. The molecule has 0 bridgehead atoms. The molecule has 0 spiro atoms. The van der Waals surface area contributed by atoms with Crippen molar-refractivity contribution >= 4 is 0 Å². The minimum atomic E-state index is 0.0147. The van der Waals surface area contributed by atoms with E-state index in [4.69, 9.17) is 5.11 Å². The van der Waals surface area contributed by atoms with Crippen LogP contribution in [-0.2, 0) is 13.0 Å². The zero-order valence-electron chi connectivity index (χ0n) is 9.11. The summed E-state index contributed by atoms with van der Waals surface area (Å²) >= 11 is 0. The molecule has 0 aliphatic heterocycles. The molecular formula is C11H14N4O. The highest BCUT2D eigenvalue weighted by atomic mass is 16.3. The molecule has 5 heteroatoms.